The third-order valence-corrected chi connectivity index (χ3v) is 3.36. The molecular formula is C12H20O4. The van der Waals surface area contributed by atoms with Gasteiger partial charge in [-0.1, -0.05) is 19.8 Å². The minimum atomic E-state index is -1.32. The van der Waals surface area contributed by atoms with Crippen molar-refractivity contribution >= 4 is 11.9 Å². The molecule has 0 spiro atoms. The Morgan fingerprint density at radius 2 is 2.00 bits per heavy atom. The van der Waals surface area contributed by atoms with E-state index in [1.54, 1.807) is 13.8 Å². The van der Waals surface area contributed by atoms with Crippen molar-refractivity contribution < 1.29 is 19.4 Å². The largest absolute Gasteiger partial charge is 0.480 e. The highest BCUT2D eigenvalue weighted by Gasteiger charge is 2.46. The standard InChI is InChI=1S/C12H20O4/c1-3-12(10(13)14,11(15)16-4-2)8-7-9-5-6-9/h9H,3-8H2,1-2H3,(H,13,14). The monoisotopic (exact) mass is 228 g/mol. The second-order valence-electron chi connectivity index (χ2n) is 4.44. The molecule has 0 aromatic heterocycles. The number of ether oxygens (including phenoxy) is 1. The summed E-state index contributed by atoms with van der Waals surface area (Å²) < 4.78 is 4.89. The predicted molar refractivity (Wildman–Crippen MR) is 59.0 cm³/mol. The van der Waals surface area contributed by atoms with Gasteiger partial charge in [0.25, 0.3) is 0 Å². The van der Waals surface area contributed by atoms with Crippen molar-refractivity contribution in [1.29, 1.82) is 0 Å². The second kappa shape index (κ2) is 5.32. The van der Waals surface area contributed by atoms with Crippen LogP contribution in [0.1, 0.15) is 46.0 Å². The van der Waals surface area contributed by atoms with E-state index in [-0.39, 0.29) is 6.61 Å². The van der Waals surface area contributed by atoms with Crippen molar-refractivity contribution in [2.75, 3.05) is 6.61 Å². The molecule has 0 saturated heterocycles. The van der Waals surface area contributed by atoms with E-state index in [4.69, 9.17) is 4.74 Å². The Kier molecular flexibility index (Phi) is 4.33. The molecule has 92 valence electrons. The van der Waals surface area contributed by atoms with Crippen LogP contribution < -0.4 is 0 Å². The number of carbonyl (C=O) groups excluding carboxylic acids is 1. The fraction of sp³-hybridized carbons (Fsp3) is 0.833. The molecule has 16 heavy (non-hydrogen) atoms. The fourth-order valence-corrected chi connectivity index (χ4v) is 1.89. The van der Waals surface area contributed by atoms with Gasteiger partial charge in [-0.3, -0.25) is 9.59 Å². The maximum absolute atomic E-state index is 11.8. The molecule has 1 atom stereocenters. The quantitative estimate of drug-likeness (QED) is 0.536. The topological polar surface area (TPSA) is 63.6 Å². The lowest BCUT2D eigenvalue weighted by atomic mass is 9.80. The molecule has 0 aromatic carbocycles. The van der Waals surface area contributed by atoms with Crippen LogP contribution in [0.15, 0.2) is 0 Å². The van der Waals surface area contributed by atoms with E-state index in [1.807, 2.05) is 0 Å². The minimum absolute atomic E-state index is 0.233. The van der Waals surface area contributed by atoms with Crippen molar-refractivity contribution in [2.45, 2.75) is 46.0 Å². The molecule has 1 aliphatic rings. The van der Waals surface area contributed by atoms with E-state index in [0.717, 1.165) is 6.42 Å². The maximum atomic E-state index is 11.8. The molecule has 1 N–H and O–H groups in total. The molecule has 1 rings (SSSR count). The lowest BCUT2D eigenvalue weighted by Gasteiger charge is -2.25. The number of carbonyl (C=O) groups is 2. The summed E-state index contributed by atoms with van der Waals surface area (Å²) in [5.41, 5.74) is -1.32. The molecular weight excluding hydrogens is 208 g/mol. The summed E-state index contributed by atoms with van der Waals surface area (Å²) in [6.45, 7) is 3.66. The van der Waals surface area contributed by atoms with Gasteiger partial charge in [-0.25, -0.2) is 0 Å². The number of carboxylic acids is 1. The Morgan fingerprint density at radius 3 is 2.38 bits per heavy atom. The zero-order valence-corrected chi connectivity index (χ0v) is 9.99. The van der Waals surface area contributed by atoms with Crippen LogP contribution in [0.2, 0.25) is 0 Å². The molecule has 0 bridgehead atoms. The number of aliphatic carboxylic acids is 1. The molecule has 4 heteroatoms. The molecule has 1 unspecified atom stereocenters. The predicted octanol–water partition coefficient (Wildman–Crippen LogP) is 2.22. The number of carboxylic acid groups (broad SMARTS) is 1. The highest BCUT2D eigenvalue weighted by atomic mass is 16.5. The summed E-state index contributed by atoms with van der Waals surface area (Å²) in [4.78, 5) is 23.1. The average molecular weight is 228 g/mol. The molecule has 1 saturated carbocycles. The van der Waals surface area contributed by atoms with Gasteiger partial charge in [0.05, 0.1) is 6.61 Å². The second-order valence-corrected chi connectivity index (χ2v) is 4.44. The van der Waals surface area contributed by atoms with E-state index < -0.39 is 17.4 Å². The van der Waals surface area contributed by atoms with Gasteiger partial charge < -0.3 is 9.84 Å². The van der Waals surface area contributed by atoms with Gasteiger partial charge in [0.1, 0.15) is 0 Å². The van der Waals surface area contributed by atoms with E-state index in [2.05, 4.69) is 0 Å². The summed E-state index contributed by atoms with van der Waals surface area (Å²) in [7, 11) is 0. The lowest BCUT2D eigenvalue weighted by molar-refractivity contribution is -0.169. The Bertz CT molecular complexity index is 270. The molecule has 0 amide bonds. The molecule has 1 fully saturated rings. The van der Waals surface area contributed by atoms with Gasteiger partial charge in [-0.15, -0.1) is 0 Å². The third kappa shape index (κ3) is 2.74. The minimum Gasteiger partial charge on any atom is -0.480 e. The number of esters is 1. The van der Waals surface area contributed by atoms with Crippen molar-refractivity contribution in [3.05, 3.63) is 0 Å². The third-order valence-electron chi connectivity index (χ3n) is 3.36. The van der Waals surface area contributed by atoms with E-state index in [9.17, 15) is 14.7 Å². The van der Waals surface area contributed by atoms with Crippen LogP contribution in [0.25, 0.3) is 0 Å². The van der Waals surface area contributed by atoms with Gasteiger partial charge in [0.2, 0.25) is 0 Å². The van der Waals surface area contributed by atoms with Crippen molar-refractivity contribution in [1.82, 2.24) is 0 Å². The summed E-state index contributed by atoms with van der Waals surface area (Å²) in [5, 5.41) is 9.25. The van der Waals surface area contributed by atoms with Crippen LogP contribution in [-0.2, 0) is 14.3 Å². The van der Waals surface area contributed by atoms with Crippen molar-refractivity contribution in [3.63, 3.8) is 0 Å². The van der Waals surface area contributed by atoms with E-state index >= 15 is 0 Å². The summed E-state index contributed by atoms with van der Waals surface area (Å²) in [6, 6.07) is 0. The SMILES string of the molecule is CCOC(=O)C(CC)(CCC1CC1)C(=O)O. The Labute approximate surface area is 96.0 Å². The zero-order valence-electron chi connectivity index (χ0n) is 9.99. The first kappa shape index (κ1) is 13.0. The van der Waals surface area contributed by atoms with Crippen LogP contribution >= 0.6 is 0 Å². The summed E-state index contributed by atoms with van der Waals surface area (Å²) in [5.74, 6) is -1.00. The molecule has 0 aliphatic heterocycles. The van der Waals surface area contributed by atoms with Crippen molar-refractivity contribution in [2.24, 2.45) is 11.3 Å². The normalized spacial score (nSPS) is 18.9. The van der Waals surface area contributed by atoms with E-state index in [0.29, 0.717) is 18.8 Å². The Morgan fingerprint density at radius 1 is 1.38 bits per heavy atom. The molecule has 4 nitrogen and oxygen atoms in total. The highest BCUT2D eigenvalue weighted by molar-refractivity contribution is 5.99. The smallest absolute Gasteiger partial charge is 0.323 e. The molecule has 0 heterocycles. The van der Waals surface area contributed by atoms with Crippen molar-refractivity contribution in [3.8, 4) is 0 Å². The van der Waals surface area contributed by atoms with Gasteiger partial charge in [0, 0.05) is 0 Å². The van der Waals surface area contributed by atoms with E-state index in [1.165, 1.54) is 12.8 Å². The number of hydrogen-bond donors (Lipinski definition) is 1. The Balaban J connectivity index is 2.70. The summed E-state index contributed by atoms with van der Waals surface area (Å²) >= 11 is 0. The molecule has 0 aromatic rings. The average Bonchev–Trinajstić information content (AvgIpc) is 3.03. The van der Waals surface area contributed by atoms with Gasteiger partial charge in [0.15, 0.2) is 5.41 Å². The fourth-order valence-electron chi connectivity index (χ4n) is 1.89. The molecule has 1 aliphatic carbocycles. The zero-order chi connectivity index (χ0) is 12.2. The van der Waals surface area contributed by atoms with Gasteiger partial charge in [-0.2, -0.15) is 0 Å². The summed E-state index contributed by atoms with van der Waals surface area (Å²) in [6.07, 6.45) is 3.86. The number of rotatable bonds is 7. The highest BCUT2D eigenvalue weighted by Crippen LogP contribution is 2.39. The lowest BCUT2D eigenvalue weighted by Crippen LogP contribution is -2.40. The maximum Gasteiger partial charge on any atom is 0.323 e. The van der Waals surface area contributed by atoms with Crippen LogP contribution in [0.4, 0.5) is 0 Å². The van der Waals surface area contributed by atoms with Crippen LogP contribution in [0.3, 0.4) is 0 Å². The molecule has 0 radical (unpaired) electrons. The van der Waals surface area contributed by atoms with Crippen LogP contribution in [-0.4, -0.2) is 23.7 Å². The van der Waals surface area contributed by atoms with Crippen LogP contribution in [0.5, 0.6) is 0 Å². The first-order valence-corrected chi connectivity index (χ1v) is 5.97. The Hall–Kier alpha value is -1.06. The number of hydrogen-bond acceptors (Lipinski definition) is 3. The van der Waals surface area contributed by atoms with Gasteiger partial charge in [-0.05, 0) is 32.1 Å². The van der Waals surface area contributed by atoms with Crippen LogP contribution in [0, 0.1) is 11.3 Å². The first-order valence-electron chi connectivity index (χ1n) is 5.97. The van der Waals surface area contributed by atoms with Gasteiger partial charge >= 0.3 is 11.9 Å². The first-order chi connectivity index (χ1) is 7.56.